The fourth-order valence-electron chi connectivity index (χ4n) is 2.74. The van der Waals surface area contributed by atoms with Gasteiger partial charge in [-0.3, -0.25) is 9.58 Å². The zero-order valence-electron chi connectivity index (χ0n) is 11.1. The largest absolute Gasteiger partial charge is 0.326 e. The number of hydrogen-bond acceptors (Lipinski definition) is 3. The van der Waals surface area contributed by atoms with Gasteiger partial charge in [0, 0.05) is 36.9 Å². The van der Waals surface area contributed by atoms with Crippen molar-refractivity contribution in [2.24, 2.45) is 5.73 Å². The number of aromatic nitrogens is 2. The second kappa shape index (κ2) is 5.19. The highest BCUT2D eigenvalue weighted by atomic mass is 15.3. The highest BCUT2D eigenvalue weighted by molar-refractivity contribution is 5.16. The van der Waals surface area contributed by atoms with E-state index in [0.717, 1.165) is 25.9 Å². The van der Waals surface area contributed by atoms with Crippen LogP contribution >= 0.6 is 0 Å². The molecule has 96 valence electrons. The number of rotatable bonds is 4. The van der Waals surface area contributed by atoms with Crippen LogP contribution in [0.4, 0.5) is 0 Å². The lowest BCUT2D eigenvalue weighted by atomic mass is 10.0. The molecule has 4 nitrogen and oxygen atoms in total. The van der Waals surface area contributed by atoms with Crippen molar-refractivity contribution < 1.29 is 0 Å². The van der Waals surface area contributed by atoms with Crippen molar-refractivity contribution in [3.8, 4) is 0 Å². The molecule has 0 amide bonds. The normalized spacial score (nSPS) is 25.9. The van der Waals surface area contributed by atoms with E-state index in [-0.39, 0.29) is 6.04 Å². The van der Waals surface area contributed by atoms with Crippen LogP contribution in [0.25, 0.3) is 0 Å². The third kappa shape index (κ3) is 2.53. The van der Waals surface area contributed by atoms with Crippen LogP contribution in [0.3, 0.4) is 0 Å². The molecule has 2 N–H and O–H groups in total. The van der Waals surface area contributed by atoms with Crippen LogP contribution in [0.1, 0.15) is 45.2 Å². The first kappa shape index (κ1) is 12.6. The molecule has 2 atom stereocenters. The zero-order chi connectivity index (χ0) is 12.4. The monoisotopic (exact) mass is 236 g/mol. The molecule has 0 saturated carbocycles. The molecule has 1 aliphatic heterocycles. The summed E-state index contributed by atoms with van der Waals surface area (Å²) in [5.74, 6) is 0. The summed E-state index contributed by atoms with van der Waals surface area (Å²) in [5.41, 5.74) is 7.52. The van der Waals surface area contributed by atoms with Crippen LogP contribution < -0.4 is 5.73 Å². The second-order valence-electron chi connectivity index (χ2n) is 5.27. The molecule has 0 aliphatic carbocycles. The van der Waals surface area contributed by atoms with E-state index in [2.05, 4.69) is 37.0 Å². The minimum Gasteiger partial charge on any atom is -0.326 e. The maximum Gasteiger partial charge on any atom is 0.0538 e. The Kier molecular flexibility index (Phi) is 3.84. The first-order chi connectivity index (χ1) is 8.13. The van der Waals surface area contributed by atoms with Crippen molar-refractivity contribution in [3.05, 3.63) is 18.0 Å². The average Bonchev–Trinajstić information content (AvgIpc) is 2.85. The molecule has 2 heterocycles. The Morgan fingerprint density at radius 3 is 2.94 bits per heavy atom. The van der Waals surface area contributed by atoms with Gasteiger partial charge < -0.3 is 5.73 Å². The zero-order valence-corrected chi connectivity index (χ0v) is 11.1. The Morgan fingerprint density at radius 1 is 1.53 bits per heavy atom. The van der Waals surface area contributed by atoms with Gasteiger partial charge in [0.15, 0.2) is 0 Å². The average molecular weight is 236 g/mol. The highest BCUT2D eigenvalue weighted by Gasteiger charge is 2.34. The number of aryl methyl sites for hydroxylation is 1. The predicted molar refractivity (Wildman–Crippen MR) is 69.7 cm³/mol. The molecule has 0 radical (unpaired) electrons. The van der Waals surface area contributed by atoms with Crippen LogP contribution in [0.15, 0.2) is 12.4 Å². The van der Waals surface area contributed by atoms with Gasteiger partial charge in [0.1, 0.15) is 0 Å². The Hall–Kier alpha value is -0.870. The molecule has 0 aromatic carbocycles. The van der Waals surface area contributed by atoms with Gasteiger partial charge in [0.2, 0.25) is 0 Å². The molecular weight excluding hydrogens is 212 g/mol. The number of hydrogen-bond donors (Lipinski definition) is 1. The lowest BCUT2D eigenvalue weighted by Crippen LogP contribution is -2.35. The molecule has 1 aliphatic rings. The molecule has 1 fully saturated rings. The van der Waals surface area contributed by atoms with E-state index in [9.17, 15) is 0 Å². The van der Waals surface area contributed by atoms with Gasteiger partial charge in [-0.05, 0) is 26.7 Å². The maximum atomic E-state index is 6.24. The van der Waals surface area contributed by atoms with Crippen molar-refractivity contribution in [1.29, 1.82) is 0 Å². The first-order valence-corrected chi connectivity index (χ1v) is 6.67. The third-order valence-corrected chi connectivity index (χ3v) is 3.59. The molecule has 0 bridgehead atoms. The SMILES string of the molecule is CCCn1cc(C2C(N)CCN2C(C)C)cn1. The van der Waals surface area contributed by atoms with E-state index in [1.165, 1.54) is 5.56 Å². The summed E-state index contributed by atoms with van der Waals surface area (Å²) in [7, 11) is 0. The van der Waals surface area contributed by atoms with Crippen molar-refractivity contribution >= 4 is 0 Å². The molecule has 0 spiro atoms. The summed E-state index contributed by atoms with van der Waals surface area (Å²) >= 11 is 0. The summed E-state index contributed by atoms with van der Waals surface area (Å²) in [6.45, 7) is 8.73. The van der Waals surface area contributed by atoms with Gasteiger partial charge >= 0.3 is 0 Å². The lowest BCUT2D eigenvalue weighted by molar-refractivity contribution is 0.198. The standard InChI is InChI=1S/C13H24N4/c1-4-6-16-9-11(8-15-16)13-12(14)5-7-17(13)10(2)3/h8-10,12-13H,4-7,14H2,1-3H3. The van der Waals surface area contributed by atoms with Crippen molar-refractivity contribution in [2.75, 3.05) is 6.54 Å². The summed E-state index contributed by atoms with van der Waals surface area (Å²) < 4.78 is 2.03. The summed E-state index contributed by atoms with van der Waals surface area (Å²) in [4.78, 5) is 2.48. The lowest BCUT2D eigenvalue weighted by Gasteiger charge is -2.29. The second-order valence-corrected chi connectivity index (χ2v) is 5.27. The Balaban J connectivity index is 2.17. The van der Waals surface area contributed by atoms with Gasteiger partial charge in [-0.25, -0.2) is 0 Å². The quantitative estimate of drug-likeness (QED) is 0.866. The molecule has 1 aromatic rings. The van der Waals surface area contributed by atoms with Crippen LogP contribution in [0, 0.1) is 0 Å². The van der Waals surface area contributed by atoms with E-state index < -0.39 is 0 Å². The number of nitrogens with zero attached hydrogens (tertiary/aromatic N) is 3. The molecule has 2 unspecified atom stereocenters. The highest BCUT2D eigenvalue weighted by Crippen LogP contribution is 2.32. The molecule has 1 saturated heterocycles. The molecule has 1 aromatic heterocycles. The Morgan fingerprint density at radius 2 is 2.29 bits per heavy atom. The van der Waals surface area contributed by atoms with Crippen LogP contribution in [0.2, 0.25) is 0 Å². The van der Waals surface area contributed by atoms with Gasteiger partial charge in [-0.15, -0.1) is 0 Å². The Bertz CT molecular complexity index is 358. The van der Waals surface area contributed by atoms with Crippen LogP contribution in [-0.4, -0.2) is 33.3 Å². The summed E-state index contributed by atoms with van der Waals surface area (Å²) in [6.07, 6.45) is 6.35. The first-order valence-electron chi connectivity index (χ1n) is 6.67. The van der Waals surface area contributed by atoms with Crippen LogP contribution in [0.5, 0.6) is 0 Å². The van der Waals surface area contributed by atoms with E-state index in [1.54, 1.807) is 0 Å². The van der Waals surface area contributed by atoms with Crippen LogP contribution in [-0.2, 0) is 6.54 Å². The van der Waals surface area contributed by atoms with E-state index >= 15 is 0 Å². The fraction of sp³-hybridized carbons (Fsp3) is 0.769. The van der Waals surface area contributed by atoms with Gasteiger partial charge in [0.25, 0.3) is 0 Å². The molecule has 4 heteroatoms. The predicted octanol–water partition coefficient (Wildman–Crippen LogP) is 1.78. The Labute approximate surface area is 104 Å². The molecular formula is C13H24N4. The van der Waals surface area contributed by atoms with E-state index in [1.807, 2.05) is 10.9 Å². The van der Waals surface area contributed by atoms with Gasteiger partial charge in [0.05, 0.1) is 12.2 Å². The van der Waals surface area contributed by atoms with Crippen molar-refractivity contribution in [1.82, 2.24) is 14.7 Å². The number of nitrogens with two attached hydrogens (primary N) is 1. The molecule has 17 heavy (non-hydrogen) atoms. The third-order valence-electron chi connectivity index (χ3n) is 3.59. The van der Waals surface area contributed by atoms with E-state index in [0.29, 0.717) is 12.1 Å². The maximum absolute atomic E-state index is 6.24. The van der Waals surface area contributed by atoms with Gasteiger partial charge in [-0.2, -0.15) is 5.10 Å². The van der Waals surface area contributed by atoms with Gasteiger partial charge in [-0.1, -0.05) is 6.92 Å². The van der Waals surface area contributed by atoms with Crippen molar-refractivity contribution in [3.63, 3.8) is 0 Å². The minimum absolute atomic E-state index is 0.247. The fourth-order valence-corrected chi connectivity index (χ4v) is 2.74. The minimum atomic E-state index is 0.247. The van der Waals surface area contributed by atoms with E-state index in [4.69, 9.17) is 5.73 Å². The van der Waals surface area contributed by atoms with Crippen molar-refractivity contribution in [2.45, 2.75) is 58.3 Å². The topological polar surface area (TPSA) is 47.1 Å². The summed E-state index contributed by atoms with van der Waals surface area (Å²) in [5, 5.41) is 4.41. The smallest absolute Gasteiger partial charge is 0.0538 e. The summed E-state index contributed by atoms with van der Waals surface area (Å²) in [6, 6.07) is 1.14. The number of likely N-dealkylation sites (tertiary alicyclic amines) is 1. The molecule has 2 rings (SSSR count).